The quantitative estimate of drug-likeness (QED) is 0.178. The van der Waals surface area contributed by atoms with Crippen molar-refractivity contribution in [2.75, 3.05) is 0 Å². The Morgan fingerprint density at radius 2 is 1.12 bits per heavy atom. The maximum atomic E-state index is 12.8. The number of halogens is 2. The first-order valence-corrected chi connectivity index (χ1v) is 13.7. The second-order valence-corrected chi connectivity index (χ2v) is 10.6. The first-order valence-electron chi connectivity index (χ1n) is 12.1. The molecule has 3 nitrogen and oxygen atoms in total. The Kier molecular flexibility index (Phi) is 10.4. The molecule has 2 aromatic carbocycles. The molecule has 0 aliphatic carbocycles. The number of benzene rings is 2. The SMILES string of the molecule is CCCCCCCCCCC(c1ccc(Br)cc1)C(c1ccc(Br)cc1)N1C(=O)C=CC1=O. The maximum absolute atomic E-state index is 12.8. The largest absolute Gasteiger partial charge is 0.269 e. The Morgan fingerprint density at radius 1 is 0.667 bits per heavy atom. The molecule has 2 aromatic rings. The predicted octanol–water partition coefficient (Wildman–Crippen LogP) is 8.49. The van der Waals surface area contributed by atoms with E-state index in [1.807, 2.05) is 36.4 Å². The van der Waals surface area contributed by atoms with E-state index in [0.717, 1.165) is 32.9 Å². The zero-order valence-corrected chi connectivity index (χ0v) is 22.5. The fraction of sp³-hybridized carbons (Fsp3) is 0.429. The molecule has 176 valence electrons. The highest BCUT2D eigenvalue weighted by Gasteiger charge is 2.37. The molecule has 0 aromatic heterocycles. The third-order valence-electron chi connectivity index (χ3n) is 6.38. The van der Waals surface area contributed by atoms with E-state index >= 15 is 0 Å². The monoisotopic (exact) mass is 573 g/mol. The summed E-state index contributed by atoms with van der Waals surface area (Å²) in [5.41, 5.74) is 2.14. The third kappa shape index (κ3) is 7.38. The third-order valence-corrected chi connectivity index (χ3v) is 7.44. The van der Waals surface area contributed by atoms with Gasteiger partial charge in [-0.25, -0.2) is 0 Å². The van der Waals surface area contributed by atoms with Crippen LogP contribution >= 0.6 is 31.9 Å². The normalized spacial score (nSPS) is 15.3. The summed E-state index contributed by atoms with van der Waals surface area (Å²) in [5, 5.41) is 0. The van der Waals surface area contributed by atoms with Crippen LogP contribution in [0.25, 0.3) is 0 Å². The van der Waals surface area contributed by atoms with Crippen molar-refractivity contribution in [3.63, 3.8) is 0 Å². The Hall–Kier alpha value is -1.72. The number of amides is 2. The van der Waals surface area contributed by atoms with Crippen molar-refractivity contribution < 1.29 is 9.59 Å². The average molecular weight is 575 g/mol. The van der Waals surface area contributed by atoms with Crippen molar-refractivity contribution in [3.05, 3.63) is 80.8 Å². The molecule has 0 spiro atoms. The lowest BCUT2D eigenvalue weighted by molar-refractivity contribution is -0.140. The van der Waals surface area contributed by atoms with Crippen molar-refractivity contribution >= 4 is 43.7 Å². The molecule has 0 saturated heterocycles. The lowest BCUT2D eigenvalue weighted by Gasteiger charge is -2.34. The molecular weight excluding hydrogens is 542 g/mol. The zero-order valence-electron chi connectivity index (χ0n) is 19.3. The number of hydrogen-bond donors (Lipinski definition) is 0. The van der Waals surface area contributed by atoms with Gasteiger partial charge in [-0.3, -0.25) is 14.5 Å². The van der Waals surface area contributed by atoms with Crippen LogP contribution in [0.15, 0.2) is 69.6 Å². The van der Waals surface area contributed by atoms with E-state index in [9.17, 15) is 9.59 Å². The van der Waals surface area contributed by atoms with Crippen LogP contribution in [0.3, 0.4) is 0 Å². The maximum Gasteiger partial charge on any atom is 0.254 e. The summed E-state index contributed by atoms with van der Waals surface area (Å²) in [6, 6.07) is 16.0. The van der Waals surface area contributed by atoms with Crippen molar-refractivity contribution in [1.82, 2.24) is 4.90 Å². The molecule has 0 fully saturated rings. The van der Waals surface area contributed by atoms with Crippen molar-refractivity contribution in [1.29, 1.82) is 0 Å². The number of hydrogen-bond acceptors (Lipinski definition) is 2. The molecule has 1 heterocycles. The smallest absolute Gasteiger partial charge is 0.254 e. The topological polar surface area (TPSA) is 37.4 Å². The van der Waals surface area contributed by atoms with Gasteiger partial charge in [-0.15, -0.1) is 0 Å². The molecule has 0 bridgehead atoms. The fourth-order valence-corrected chi connectivity index (χ4v) is 5.15. The van der Waals surface area contributed by atoms with Crippen molar-refractivity contribution in [2.45, 2.75) is 76.7 Å². The van der Waals surface area contributed by atoms with Gasteiger partial charge in [0.25, 0.3) is 11.8 Å². The average Bonchev–Trinajstić information content (AvgIpc) is 3.14. The first kappa shape index (κ1) is 25.9. The number of rotatable bonds is 13. The zero-order chi connectivity index (χ0) is 23.6. The van der Waals surface area contributed by atoms with Crippen molar-refractivity contribution in [3.8, 4) is 0 Å². The van der Waals surface area contributed by atoms with E-state index in [1.165, 1.54) is 62.0 Å². The van der Waals surface area contributed by atoms with Crippen molar-refractivity contribution in [2.24, 2.45) is 0 Å². The lowest BCUT2D eigenvalue weighted by atomic mass is 9.82. The molecule has 33 heavy (non-hydrogen) atoms. The van der Waals surface area contributed by atoms with Gasteiger partial charge in [0.15, 0.2) is 0 Å². The molecule has 1 aliphatic heterocycles. The van der Waals surface area contributed by atoms with E-state index in [4.69, 9.17) is 0 Å². The van der Waals surface area contributed by atoms with Crippen LogP contribution < -0.4 is 0 Å². The molecule has 2 atom stereocenters. The second kappa shape index (κ2) is 13.2. The number of imide groups is 1. The summed E-state index contributed by atoms with van der Waals surface area (Å²) in [5.74, 6) is -0.427. The van der Waals surface area contributed by atoms with Gasteiger partial charge in [0.05, 0.1) is 6.04 Å². The van der Waals surface area contributed by atoms with Gasteiger partial charge in [0.1, 0.15) is 0 Å². The van der Waals surface area contributed by atoms with Gasteiger partial charge in [0, 0.05) is 27.0 Å². The number of unbranched alkanes of at least 4 members (excludes halogenated alkanes) is 7. The van der Waals surface area contributed by atoms with Gasteiger partial charge in [-0.2, -0.15) is 0 Å². The van der Waals surface area contributed by atoms with Crippen LogP contribution in [-0.2, 0) is 9.59 Å². The van der Waals surface area contributed by atoms with Gasteiger partial charge in [0.2, 0.25) is 0 Å². The van der Waals surface area contributed by atoms with Gasteiger partial charge in [-0.1, -0.05) is 114 Å². The van der Waals surface area contributed by atoms with Crippen LogP contribution in [0.1, 0.15) is 87.8 Å². The highest BCUT2D eigenvalue weighted by Crippen LogP contribution is 2.41. The first-order chi connectivity index (χ1) is 16.0. The number of carbonyl (C=O) groups excluding carboxylic acids is 2. The molecule has 2 amide bonds. The van der Waals surface area contributed by atoms with Crippen LogP contribution in [0.5, 0.6) is 0 Å². The second-order valence-electron chi connectivity index (χ2n) is 8.80. The standard InChI is InChI=1S/C28H33Br2NO2/c1-2-3-4-5-6-7-8-9-10-25(21-11-15-23(29)16-12-21)28(22-13-17-24(30)18-14-22)31-26(32)19-20-27(31)33/h11-20,25,28H,2-10H2,1H3. The summed E-state index contributed by atoms with van der Waals surface area (Å²) in [6.45, 7) is 2.25. The van der Waals surface area contributed by atoms with Gasteiger partial charge >= 0.3 is 0 Å². The van der Waals surface area contributed by atoms with Gasteiger partial charge < -0.3 is 0 Å². The van der Waals surface area contributed by atoms with E-state index in [-0.39, 0.29) is 23.8 Å². The van der Waals surface area contributed by atoms with Crippen LogP contribution in [0.2, 0.25) is 0 Å². The van der Waals surface area contributed by atoms with E-state index in [0.29, 0.717) is 0 Å². The minimum atomic E-state index is -0.334. The van der Waals surface area contributed by atoms with Crippen LogP contribution in [-0.4, -0.2) is 16.7 Å². The Balaban J connectivity index is 1.82. The summed E-state index contributed by atoms with van der Waals surface area (Å²) >= 11 is 7.04. The Morgan fingerprint density at radius 3 is 1.64 bits per heavy atom. The molecular formula is C28H33Br2NO2. The number of nitrogens with zero attached hydrogens (tertiary/aromatic N) is 1. The molecule has 1 aliphatic rings. The van der Waals surface area contributed by atoms with E-state index in [1.54, 1.807) is 0 Å². The highest BCUT2D eigenvalue weighted by molar-refractivity contribution is 9.10. The molecule has 5 heteroatoms. The minimum Gasteiger partial charge on any atom is -0.269 e. The lowest BCUT2D eigenvalue weighted by Crippen LogP contribution is -2.37. The fourth-order valence-electron chi connectivity index (χ4n) is 4.62. The molecule has 2 unspecified atom stereocenters. The highest BCUT2D eigenvalue weighted by atomic mass is 79.9. The molecule has 0 N–H and O–H groups in total. The van der Waals surface area contributed by atoms with E-state index < -0.39 is 0 Å². The Labute approximate surface area is 214 Å². The Bertz CT molecular complexity index is 919. The molecule has 0 saturated carbocycles. The summed E-state index contributed by atoms with van der Waals surface area (Å²) < 4.78 is 2.00. The predicted molar refractivity (Wildman–Crippen MR) is 142 cm³/mol. The summed E-state index contributed by atoms with van der Waals surface area (Å²) in [4.78, 5) is 27.0. The van der Waals surface area contributed by atoms with Crippen LogP contribution in [0.4, 0.5) is 0 Å². The number of carbonyl (C=O) groups is 2. The summed E-state index contributed by atoms with van der Waals surface area (Å²) in [6.07, 6.45) is 13.7. The molecule has 3 rings (SSSR count). The van der Waals surface area contributed by atoms with Gasteiger partial charge in [-0.05, 0) is 41.8 Å². The summed E-state index contributed by atoms with van der Waals surface area (Å²) in [7, 11) is 0. The molecule has 0 radical (unpaired) electrons. The van der Waals surface area contributed by atoms with Crippen LogP contribution in [0, 0.1) is 0 Å². The van der Waals surface area contributed by atoms with E-state index in [2.05, 4.69) is 50.9 Å². The minimum absolute atomic E-state index is 0.0344.